The Kier molecular flexibility index (Phi) is 7.34. The van der Waals surface area contributed by atoms with Crippen LogP contribution in [0.3, 0.4) is 0 Å². The standard InChI is InChI=1S/C28H30F3N3O/c1-4-33(5-2)27-32-26(19-35-27)34(24-16-15-23(17-20(24)3)28(29,30)31)25-14-10-9-13-22(25)18-21-11-7-6-8-12-21/h6-17,26H,4-5,18-19H2,1-3H3/t26-/m1/s1. The van der Waals surface area contributed by atoms with E-state index < -0.39 is 17.9 Å². The Bertz CT molecular complexity index is 1170. The van der Waals surface area contributed by atoms with Crippen LogP contribution in [-0.4, -0.2) is 36.8 Å². The van der Waals surface area contributed by atoms with Crippen molar-refractivity contribution in [2.45, 2.75) is 39.5 Å². The lowest BCUT2D eigenvalue weighted by molar-refractivity contribution is -0.137. The van der Waals surface area contributed by atoms with Crippen LogP contribution in [0.1, 0.15) is 36.1 Å². The Labute approximate surface area is 204 Å². The normalized spacial score (nSPS) is 15.5. The summed E-state index contributed by atoms with van der Waals surface area (Å²) in [6.45, 7) is 7.61. The molecular weight excluding hydrogens is 451 g/mol. The van der Waals surface area contributed by atoms with Crippen molar-refractivity contribution in [2.24, 2.45) is 4.99 Å². The zero-order valence-corrected chi connectivity index (χ0v) is 20.2. The predicted octanol–water partition coefficient (Wildman–Crippen LogP) is 6.80. The second-order valence-electron chi connectivity index (χ2n) is 8.54. The number of aryl methyl sites for hydroxylation is 1. The predicted molar refractivity (Wildman–Crippen MR) is 134 cm³/mol. The molecule has 4 rings (SSSR count). The molecule has 0 bridgehead atoms. The minimum Gasteiger partial charge on any atom is -0.461 e. The molecule has 184 valence electrons. The molecule has 0 spiro atoms. The first kappa shape index (κ1) is 24.6. The van der Waals surface area contributed by atoms with Crippen LogP contribution in [0.15, 0.2) is 77.8 Å². The van der Waals surface area contributed by atoms with Crippen LogP contribution in [0, 0.1) is 6.92 Å². The SMILES string of the molecule is CCN(CC)C1=N[C@H](N(c2ccc(C(F)(F)F)cc2C)c2ccccc2Cc2ccccc2)CO1. The zero-order chi connectivity index (χ0) is 25.0. The third-order valence-corrected chi connectivity index (χ3v) is 6.23. The molecule has 3 aromatic rings. The van der Waals surface area contributed by atoms with Gasteiger partial charge in [-0.1, -0.05) is 48.5 Å². The third-order valence-electron chi connectivity index (χ3n) is 6.23. The van der Waals surface area contributed by atoms with Crippen LogP contribution < -0.4 is 4.90 Å². The molecule has 1 atom stereocenters. The summed E-state index contributed by atoms with van der Waals surface area (Å²) in [5, 5.41) is 0. The molecule has 0 fully saturated rings. The molecule has 0 unspecified atom stereocenters. The molecule has 3 aromatic carbocycles. The molecule has 35 heavy (non-hydrogen) atoms. The smallest absolute Gasteiger partial charge is 0.416 e. The Balaban J connectivity index is 1.81. The van der Waals surface area contributed by atoms with Crippen LogP contribution in [0.4, 0.5) is 24.5 Å². The van der Waals surface area contributed by atoms with Gasteiger partial charge in [-0.05, 0) is 68.1 Å². The minimum atomic E-state index is -4.40. The lowest BCUT2D eigenvalue weighted by atomic mass is 10.0. The second-order valence-corrected chi connectivity index (χ2v) is 8.54. The highest BCUT2D eigenvalue weighted by atomic mass is 19.4. The maximum absolute atomic E-state index is 13.4. The Hall–Kier alpha value is -3.48. The fraction of sp³-hybridized carbons (Fsp3) is 0.321. The van der Waals surface area contributed by atoms with Crippen molar-refractivity contribution in [1.29, 1.82) is 0 Å². The number of nitrogens with zero attached hydrogens (tertiary/aromatic N) is 3. The summed E-state index contributed by atoms with van der Waals surface area (Å²) in [6.07, 6.45) is -4.12. The highest BCUT2D eigenvalue weighted by molar-refractivity contribution is 5.78. The Morgan fingerprint density at radius 1 is 0.914 bits per heavy atom. The molecule has 1 aliphatic heterocycles. The first-order chi connectivity index (χ1) is 16.8. The van der Waals surface area contributed by atoms with Gasteiger partial charge in [0.15, 0.2) is 6.17 Å². The zero-order valence-electron chi connectivity index (χ0n) is 20.2. The summed E-state index contributed by atoms with van der Waals surface area (Å²) in [6, 6.07) is 22.6. The van der Waals surface area contributed by atoms with E-state index in [0.717, 1.165) is 36.0 Å². The van der Waals surface area contributed by atoms with Gasteiger partial charge in [-0.25, -0.2) is 4.99 Å². The van der Waals surface area contributed by atoms with Gasteiger partial charge < -0.3 is 14.5 Å². The number of hydrogen-bond donors (Lipinski definition) is 0. The second kappa shape index (κ2) is 10.4. The minimum absolute atomic E-state index is 0.311. The monoisotopic (exact) mass is 481 g/mol. The number of anilines is 2. The van der Waals surface area contributed by atoms with E-state index in [-0.39, 0.29) is 0 Å². The third kappa shape index (κ3) is 5.45. The highest BCUT2D eigenvalue weighted by Crippen LogP contribution is 2.38. The number of benzene rings is 3. The van der Waals surface area contributed by atoms with Gasteiger partial charge in [0, 0.05) is 24.5 Å². The van der Waals surface area contributed by atoms with E-state index in [0.29, 0.717) is 30.3 Å². The van der Waals surface area contributed by atoms with Crippen molar-refractivity contribution in [3.63, 3.8) is 0 Å². The van der Waals surface area contributed by atoms with Crippen molar-refractivity contribution in [1.82, 2.24) is 4.90 Å². The summed E-state index contributed by atoms with van der Waals surface area (Å²) in [5.41, 5.74) is 3.66. The maximum Gasteiger partial charge on any atom is 0.416 e. The number of alkyl halides is 3. The first-order valence-corrected chi connectivity index (χ1v) is 11.9. The van der Waals surface area contributed by atoms with E-state index >= 15 is 0 Å². The molecule has 0 saturated heterocycles. The number of hydrogen-bond acceptors (Lipinski definition) is 4. The number of halogens is 3. The first-order valence-electron chi connectivity index (χ1n) is 11.9. The van der Waals surface area contributed by atoms with E-state index in [1.165, 1.54) is 6.07 Å². The van der Waals surface area contributed by atoms with Crippen LogP contribution in [0.2, 0.25) is 0 Å². The Morgan fingerprint density at radius 3 is 2.26 bits per heavy atom. The molecular formula is C28H30F3N3O. The molecule has 4 nitrogen and oxygen atoms in total. The molecule has 1 aliphatic rings. The summed E-state index contributed by atoms with van der Waals surface area (Å²) >= 11 is 0. The average Bonchev–Trinajstić information content (AvgIpc) is 3.31. The van der Waals surface area contributed by atoms with Crippen molar-refractivity contribution < 1.29 is 17.9 Å². The van der Waals surface area contributed by atoms with Crippen molar-refractivity contribution in [2.75, 3.05) is 24.6 Å². The fourth-order valence-electron chi connectivity index (χ4n) is 4.41. The number of ether oxygens (including phenoxy) is 1. The largest absolute Gasteiger partial charge is 0.461 e. The topological polar surface area (TPSA) is 28.1 Å². The molecule has 0 saturated carbocycles. The van der Waals surface area contributed by atoms with Gasteiger partial charge in [-0.3, -0.25) is 0 Å². The fourth-order valence-corrected chi connectivity index (χ4v) is 4.41. The number of amidine groups is 1. The molecule has 0 amide bonds. The maximum atomic E-state index is 13.4. The number of rotatable bonds is 7. The summed E-state index contributed by atoms with van der Waals surface area (Å²) in [5.74, 6) is 0. The average molecular weight is 482 g/mol. The number of para-hydroxylation sites is 1. The molecule has 0 aromatic heterocycles. The quantitative estimate of drug-likeness (QED) is 0.372. The molecule has 7 heteroatoms. The molecule has 0 aliphatic carbocycles. The van der Waals surface area contributed by atoms with Gasteiger partial charge in [-0.15, -0.1) is 0 Å². The van der Waals surface area contributed by atoms with Crippen LogP contribution in [-0.2, 0) is 17.3 Å². The lowest BCUT2D eigenvalue weighted by Crippen LogP contribution is -2.32. The van der Waals surface area contributed by atoms with Crippen molar-refractivity contribution in [3.05, 3.63) is 95.1 Å². The summed E-state index contributed by atoms with van der Waals surface area (Å²) in [4.78, 5) is 8.92. The van der Waals surface area contributed by atoms with Gasteiger partial charge in [0.2, 0.25) is 0 Å². The van der Waals surface area contributed by atoms with Crippen LogP contribution in [0.25, 0.3) is 0 Å². The van der Waals surface area contributed by atoms with Crippen molar-refractivity contribution >= 4 is 17.4 Å². The van der Waals surface area contributed by atoms with Gasteiger partial charge in [0.1, 0.15) is 6.61 Å². The van der Waals surface area contributed by atoms with Crippen molar-refractivity contribution in [3.8, 4) is 0 Å². The van der Waals surface area contributed by atoms with E-state index in [1.54, 1.807) is 13.0 Å². The van der Waals surface area contributed by atoms with Crippen LogP contribution >= 0.6 is 0 Å². The van der Waals surface area contributed by atoms with Gasteiger partial charge in [-0.2, -0.15) is 13.2 Å². The highest BCUT2D eigenvalue weighted by Gasteiger charge is 2.34. The van der Waals surface area contributed by atoms with E-state index in [9.17, 15) is 13.2 Å². The van der Waals surface area contributed by atoms with Crippen LogP contribution in [0.5, 0.6) is 0 Å². The molecule has 0 radical (unpaired) electrons. The molecule has 0 N–H and O–H groups in total. The summed E-state index contributed by atoms with van der Waals surface area (Å²) < 4.78 is 46.1. The van der Waals surface area contributed by atoms with Gasteiger partial charge in [0.05, 0.1) is 5.56 Å². The van der Waals surface area contributed by atoms with Gasteiger partial charge in [0.25, 0.3) is 6.02 Å². The van der Waals surface area contributed by atoms with E-state index in [2.05, 4.69) is 18.2 Å². The number of aliphatic imine (C=N–C) groups is 1. The lowest BCUT2D eigenvalue weighted by Gasteiger charge is -2.32. The van der Waals surface area contributed by atoms with E-state index in [1.807, 2.05) is 60.0 Å². The summed E-state index contributed by atoms with van der Waals surface area (Å²) in [7, 11) is 0. The van der Waals surface area contributed by atoms with Gasteiger partial charge >= 0.3 is 6.18 Å². The molecule has 1 heterocycles. The van der Waals surface area contributed by atoms with E-state index in [4.69, 9.17) is 9.73 Å². The Morgan fingerprint density at radius 2 is 1.60 bits per heavy atom.